The van der Waals surface area contributed by atoms with Crippen LogP contribution in [0.15, 0.2) is 9.42 Å². The number of hydrogen-bond donors (Lipinski definition) is 2. The molecule has 0 fully saturated rings. The predicted molar refractivity (Wildman–Crippen MR) is 89.4 cm³/mol. The maximum atomic E-state index is 12.6. The van der Waals surface area contributed by atoms with Gasteiger partial charge in [0.25, 0.3) is 0 Å². The average Bonchev–Trinajstić information content (AvgIpc) is 2.81. The van der Waals surface area contributed by atoms with Crippen molar-refractivity contribution in [2.45, 2.75) is 52.0 Å². The molecule has 0 saturated heterocycles. The number of amides is 1. The number of carboxylic acids is 1. The summed E-state index contributed by atoms with van der Waals surface area (Å²) in [4.78, 5) is 24.6. The molecular weight excluding hydrogens is 350 g/mol. The SMILES string of the molecule is Cc1noc(C)c1S(=O)(=O)NC(C)C(=O)N(CCC(=O)O)CC(C)C. The van der Waals surface area contributed by atoms with E-state index in [1.807, 2.05) is 13.8 Å². The zero-order valence-corrected chi connectivity index (χ0v) is 15.9. The van der Waals surface area contributed by atoms with E-state index in [-0.39, 0.29) is 35.2 Å². The highest BCUT2D eigenvalue weighted by Gasteiger charge is 2.30. The zero-order chi connectivity index (χ0) is 19.4. The molecule has 1 rings (SSSR count). The molecule has 25 heavy (non-hydrogen) atoms. The number of carbonyl (C=O) groups is 2. The molecule has 0 radical (unpaired) electrons. The van der Waals surface area contributed by atoms with Gasteiger partial charge in [0.15, 0.2) is 5.76 Å². The van der Waals surface area contributed by atoms with Gasteiger partial charge in [0.2, 0.25) is 15.9 Å². The summed E-state index contributed by atoms with van der Waals surface area (Å²) in [6.07, 6.45) is -0.207. The third kappa shape index (κ3) is 5.82. The number of aryl methyl sites for hydroxylation is 2. The molecule has 10 heteroatoms. The molecule has 1 heterocycles. The van der Waals surface area contributed by atoms with Crippen LogP contribution in [-0.2, 0) is 19.6 Å². The second kappa shape index (κ2) is 8.43. The van der Waals surface area contributed by atoms with E-state index in [2.05, 4.69) is 9.88 Å². The highest BCUT2D eigenvalue weighted by molar-refractivity contribution is 7.89. The van der Waals surface area contributed by atoms with E-state index >= 15 is 0 Å². The smallest absolute Gasteiger partial charge is 0.305 e. The third-order valence-corrected chi connectivity index (χ3v) is 5.22. The molecule has 0 aliphatic heterocycles. The summed E-state index contributed by atoms with van der Waals surface area (Å²) in [5.74, 6) is -1.26. The van der Waals surface area contributed by atoms with Gasteiger partial charge in [-0.25, -0.2) is 8.42 Å². The molecule has 1 aromatic rings. The van der Waals surface area contributed by atoms with E-state index in [1.54, 1.807) is 0 Å². The van der Waals surface area contributed by atoms with E-state index in [1.165, 1.54) is 25.7 Å². The molecule has 1 atom stereocenters. The largest absolute Gasteiger partial charge is 0.481 e. The van der Waals surface area contributed by atoms with Gasteiger partial charge < -0.3 is 14.5 Å². The Morgan fingerprint density at radius 3 is 2.32 bits per heavy atom. The first-order chi connectivity index (χ1) is 11.5. The number of aliphatic carboxylic acids is 1. The molecule has 1 amide bonds. The summed E-state index contributed by atoms with van der Waals surface area (Å²) in [7, 11) is -3.99. The molecule has 1 unspecified atom stereocenters. The number of hydrogen-bond acceptors (Lipinski definition) is 6. The Labute approximate surface area is 147 Å². The number of nitrogens with zero attached hydrogens (tertiary/aromatic N) is 2. The number of carbonyl (C=O) groups excluding carboxylic acids is 1. The standard InChI is InChI=1S/C15H25N3O6S/c1-9(2)8-18(7-6-13(19)20)15(21)11(4)17-25(22,23)14-10(3)16-24-12(14)5/h9,11,17H,6-8H2,1-5H3,(H,19,20). The minimum atomic E-state index is -3.99. The van der Waals surface area contributed by atoms with Crippen LogP contribution in [0, 0.1) is 19.8 Å². The van der Waals surface area contributed by atoms with Crippen LogP contribution in [0.4, 0.5) is 0 Å². The number of aromatic nitrogens is 1. The van der Waals surface area contributed by atoms with Crippen LogP contribution in [0.1, 0.15) is 38.6 Å². The van der Waals surface area contributed by atoms with E-state index < -0.39 is 27.9 Å². The third-order valence-electron chi connectivity index (χ3n) is 3.43. The van der Waals surface area contributed by atoms with Crippen LogP contribution < -0.4 is 4.72 Å². The van der Waals surface area contributed by atoms with Crippen LogP contribution in [-0.4, -0.2) is 54.6 Å². The van der Waals surface area contributed by atoms with Gasteiger partial charge in [-0.15, -0.1) is 0 Å². The minimum Gasteiger partial charge on any atom is -0.481 e. The van der Waals surface area contributed by atoms with E-state index in [0.717, 1.165) is 0 Å². The fraction of sp³-hybridized carbons (Fsp3) is 0.667. The Hall–Kier alpha value is -1.94. The summed E-state index contributed by atoms with van der Waals surface area (Å²) >= 11 is 0. The van der Waals surface area contributed by atoms with Crippen molar-refractivity contribution in [3.05, 3.63) is 11.5 Å². The second-order valence-corrected chi connectivity index (χ2v) is 7.97. The molecule has 0 saturated carbocycles. The number of nitrogens with one attached hydrogen (secondary N) is 1. The minimum absolute atomic E-state index is 0.0176. The van der Waals surface area contributed by atoms with Gasteiger partial charge in [-0.2, -0.15) is 4.72 Å². The zero-order valence-electron chi connectivity index (χ0n) is 15.1. The van der Waals surface area contributed by atoms with Gasteiger partial charge >= 0.3 is 5.97 Å². The van der Waals surface area contributed by atoms with Crippen molar-refractivity contribution in [2.24, 2.45) is 5.92 Å². The first-order valence-electron chi connectivity index (χ1n) is 7.91. The summed E-state index contributed by atoms with van der Waals surface area (Å²) in [6.45, 7) is 8.52. The number of carboxylic acid groups (broad SMARTS) is 1. The monoisotopic (exact) mass is 375 g/mol. The molecule has 9 nitrogen and oxygen atoms in total. The average molecular weight is 375 g/mol. The van der Waals surface area contributed by atoms with Crippen molar-refractivity contribution in [1.82, 2.24) is 14.8 Å². The van der Waals surface area contributed by atoms with E-state index in [9.17, 15) is 18.0 Å². The molecule has 142 valence electrons. The van der Waals surface area contributed by atoms with Crippen molar-refractivity contribution in [3.8, 4) is 0 Å². The first kappa shape index (κ1) is 21.1. The Bertz CT molecular complexity index is 706. The van der Waals surface area contributed by atoms with Gasteiger partial charge in [0, 0.05) is 13.1 Å². The lowest BCUT2D eigenvalue weighted by atomic mass is 10.2. The van der Waals surface area contributed by atoms with E-state index in [4.69, 9.17) is 9.63 Å². The Kier molecular flexibility index (Phi) is 7.12. The Morgan fingerprint density at radius 2 is 1.88 bits per heavy atom. The lowest BCUT2D eigenvalue weighted by Crippen LogP contribution is -2.48. The van der Waals surface area contributed by atoms with Gasteiger partial charge in [-0.1, -0.05) is 19.0 Å². The van der Waals surface area contributed by atoms with Crippen LogP contribution >= 0.6 is 0 Å². The maximum absolute atomic E-state index is 12.6. The van der Waals surface area contributed by atoms with Gasteiger partial charge in [0.1, 0.15) is 10.6 Å². The van der Waals surface area contributed by atoms with Gasteiger partial charge in [0.05, 0.1) is 12.5 Å². The fourth-order valence-electron chi connectivity index (χ4n) is 2.44. The molecule has 0 bridgehead atoms. The molecule has 0 aliphatic carbocycles. The number of rotatable bonds is 9. The Morgan fingerprint density at radius 1 is 1.28 bits per heavy atom. The Balaban J connectivity index is 2.93. The van der Waals surface area contributed by atoms with Crippen LogP contribution in [0.5, 0.6) is 0 Å². The summed E-state index contributed by atoms with van der Waals surface area (Å²) < 4.78 is 32.1. The van der Waals surface area contributed by atoms with Crippen LogP contribution in [0.2, 0.25) is 0 Å². The van der Waals surface area contributed by atoms with Gasteiger partial charge in [-0.05, 0) is 26.7 Å². The summed E-state index contributed by atoms with van der Waals surface area (Å²) in [6, 6.07) is -1.05. The molecule has 0 aromatic carbocycles. The highest BCUT2D eigenvalue weighted by Crippen LogP contribution is 2.19. The molecule has 0 spiro atoms. The van der Waals surface area contributed by atoms with Crippen molar-refractivity contribution in [1.29, 1.82) is 0 Å². The topological polar surface area (TPSA) is 130 Å². The van der Waals surface area contributed by atoms with E-state index in [0.29, 0.717) is 6.54 Å². The molecule has 1 aromatic heterocycles. The molecular formula is C15H25N3O6S. The lowest BCUT2D eigenvalue weighted by molar-refractivity contribution is -0.139. The molecule has 2 N–H and O–H groups in total. The van der Waals surface area contributed by atoms with Crippen molar-refractivity contribution in [2.75, 3.05) is 13.1 Å². The van der Waals surface area contributed by atoms with Crippen molar-refractivity contribution < 1.29 is 27.6 Å². The highest BCUT2D eigenvalue weighted by atomic mass is 32.2. The molecule has 0 aliphatic rings. The maximum Gasteiger partial charge on any atom is 0.305 e. The lowest BCUT2D eigenvalue weighted by Gasteiger charge is -2.27. The first-order valence-corrected chi connectivity index (χ1v) is 9.39. The van der Waals surface area contributed by atoms with Crippen LogP contribution in [0.25, 0.3) is 0 Å². The predicted octanol–water partition coefficient (Wildman–Crippen LogP) is 0.918. The quantitative estimate of drug-likeness (QED) is 0.656. The van der Waals surface area contributed by atoms with Crippen molar-refractivity contribution >= 4 is 21.9 Å². The normalized spacial score (nSPS) is 13.0. The summed E-state index contributed by atoms with van der Waals surface area (Å²) in [5.41, 5.74) is 0.203. The number of sulfonamides is 1. The van der Waals surface area contributed by atoms with Crippen LogP contribution in [0.3, 0.4) is 0 Å². The van der Waals surface area contributed by atoms with Crippen molar-refractivity contribution in [3.63, 3.8) is 0 Å². The second-order valence-electron chi connectivity index (χ2n) is 6.32. The summed E-state index contributed by atoms with van der Waals surface area (Å²) in [5, 5.41) is 12.4. The fourth-order valence-corrected chi connectivity index (χ4v) is 3.96. The van der Waals surface area contributed by atoms with Gasteiger partial charge in [-0.3, -0.25) is 9.59 Å².